The Kier molecular flexibility index (Phi) is 6.12. The standard InChI is InChI=1S/C11H17N5S.2ClH/c1-11(2,3)8-6-17-9(15-8)5-16-10(13)7(12)4-14-16;;/h4,6H,5,12-13H2,1-3H3;2*1H. The minimum atomic E-state index is 0. The Morgan fingerprint density at radius 2 is 1.89 bits per heavy atom. The van der Waals surface area contributed by atoms with Crippen LogP contribution >= 0.6 is 36.2 Å². The van der Waals surface area contributed by atoms with E-state index in [1.807, 2.05) is 0 Å². The van der Waals surface area contributed by atoms with E-state index in [9.17, 15) is 0 Å². The van der Waals surface area contributed by atoms with Crippen LogP contribution < -0.4 is 11.5 Å². The first-order chi connectivity index (χ1) is 7.88. The molecule has 0 aliphatic rings. The van der Waals surface area contributed by atoms with Crippen molar-refractivity contribution in [2.24, 2.45) is 0 Å². The second kappa shape index (κ2) is 6.45. The van der Waals surface area contributed by atoms with Crippen LogP contribution in [0.25, 0.3) is 0 Å². The maximum absolute atomic E-state index is 5.80. The van der Waals surface area contributed by atoms with Gasteiger partial charge in [-0.05, 0) is 0 Å². The predicted octanol–water partition coefficient (Wildman–Crippen LogP) is 2.69. The number of halogens is 2. The predicted molar refractivity (Wildman–Crippen MR) is 85.5 cm³/mol. The van der Waals surface area contributed by atoms with Crippen LogP contribution in [-0.4, -0.2) is 14.8 Å². The molecule has 0 aliphatic carbocycles. The summed E-state index contributed by atoms with van der Waals surface area (Å²) in [5, 5.41) is 7.19. The van der Waals surface area contributed by atoms with Gasteiger partial charge in [0.15, 0.2) is 0 Å². The molecular weight excluding hydrogens is 305 g/mol. The Morgan fingerprint density at radius 1 is 1.26 bits per heavy atom. The number of rotatable bonds is 2. The van der Waals surface area contributed by atoms with E-state index in [-0.39, 0.29) is 30.2 Å². The summed E-state index contributed by atoms with van der Waals surface area (Å²) in [4.78, 5) is 4.59. The van der Waals surface area contributed by atoms with Crippen LogP contribution in [0.15, 0.2) is 11.6 Å². The SMILES string of the molecule is CC(C)(C)c1csc(Cn2ncc(N)c2N)n1.Cl.Cl. The van der Waals surface area contributed by atoms with Crippen molar-refractivity contribution in [2.75, 3.05) is 11.5 Å². The Labute approximate surface area is 129 Å². The lowest BCUT2D eigenvalue weighted by Gasteiger charge is -2.14. The van der Waals surface area contributed by atoms with Crippen LogP contribution in [0.4, 0.5) is 11.5 Å². The molecule has 2 aromatic heterocycles. The van der Waals surface area contributed by atoms with E-state index < -0.39 is 0 Å². The molecule has 0 saturated heterocycles. The minimum absolute atomic E-state index is 0. The molecule has 2 aromatic rings. The normalized spacial score (nSPS) is 10.7. The lowest BCUT2D eigenvalue weighted by atomic mass is 9.93. The third-order valence-electron chi connectivity index (χ3n) is 2.52. The highest BCUT2D eigenvalue weighted by Crippen LogP contribution is 2.25. The molecule has 0 saturated carbocycles. The molecule has 0 bridgehead atoms. The van der Waals surface area contributed by atoms with Crippen LogP contribution in [0, 0.1) is 0 Å². The maximum Gasteiger partial charge on any atom is 0.145 e. The average molecular weight is 324 g/mol. The minimum Gasteiger partial charge on any atom is -0.394 e. The highest BCUT2D eigenvalue weighted by molar-refractivity contribution is 7.09. The third-order valence-corrected chi connectivity index (χ3v) is 3.35. The summed E-state index contributed by atoms with van der Waals surface area (Å²) in [5.74, 6) is 0.498. The number of thiazole rings is 1. The molecule has 0 radical (unpaired) electrons. The van der Waals surface area contributed by atoms with E-state index in [1.54, 1.807) is 22.2 Å². The molecule has 0 amide bonds. The molecule has 2 heterocycles. The van der Waals surface area contributed by atoms with Gasteiger partial charge in [0, 0.05) is 10.8 Å². The molecule has 108 valence electrons. The van der Waals surface area contributed by atoms with Crippen LogP contribution in [-0.2, 0) is 12.0 Å². The zero-order valence-corrected chi connectivity index (χ0v) is 13.5. The number of hydrogen-bond acceptors (Lipinski definition) is 5. The lowest BCUT2D eigenvalue weighted by molar-refractivity contribution is 0.568. The first-order valence-corrected chi connectivity index (χ1v) is 6.27. The molecule has 0 fully saturated rings. The van der Waals surface area contributed by atoms with Gasteiger partial charge in [-0.15, -0.1) is 36.2 Å². The highest BCUT2D eigenvalue weighted by Gasteiger charge is 2.17. The van der Waals surface area contributed by atoms with E-state index >= 15 is 0 Å². The third kappa shape index (κ3) is 3.99. The van der Waals surface area contributed by atoms with Crippen molar-refractivity contribution in [3.05, 3.63) is 22.3 Å². The molecule has 0 aliphatic heterocycles. The number of aromatic nitrogens is 3. The second-order valence-corrected chi connectivity index (χ2v) is 5.96. The second-order valence-electron chi connectivity index (χ2n) is 5.02. The Hall–Kier alpha value is -0.980. The molecule has 0 unspecified atom stereocenters. The molecule has 0 spiro atoms. The molecule has 5 nitrogen and oxygen atoms in total. The number of nitrogen functional groups attached to an aromatic ring is 2. The first kappa shape index (κ1) is 18.0. The fourth-order valence-electron chi connectivity index (χ4n) is 1.39. The summed E-state index contributed by atoms with van der Waals surface area (Å²) in [7, 11) is 0. The van der Waals surface area contributed by atoms with Crippen molar-refractivity contribution in [1.82, 2.24) is 14.8 Å². The van der Waals surface area contributed by atoms with Gasteiger partial charge in [-0.25, -0.2) is 9.67 Å². The van der Waals surface area contributed by atoms with E-state index in [4.69, 9.17) is 11.5 Å². The maximum atomic E-state index is 5.80. The molecule has 4 N–H and O–H groups in total. The smallest absolute Gasteiger partial charge is 0.145 e. The Balaban J connectivity index is 0.00000162. The summed E-state index contributed by atoms with van der Waals surface area (Å²) in [6.07, 6.45) is 1.56. The van der Waals surface area contributed by atoms with E-state index in [0.717, 1.165) is 10.7 Å². The monoisotopic (exact) mass is 323 g/mol. The number of nitrogens with zero attached hydrogens (tertiary/aromatic N) is 3. The quantitative estimate of drug-likeness (QED) is 0.890. The molecule has 0 aromatic carbocycles. The van der Waals surface area contributed by atoms with Crippen molar-refractivity contribution in [1.29, 1.82) is 0 Å². The van der Waals surface area contributed by atoms with Crippen LogP contribution in [0.2, 0.25) is 0 Å². The largest absolute Gasteiger partial charge is 0.394 e. The van der Waals surface area contributed by atoms with Gasteiger partial charge in [0.1, 0.15) is 10.8 Å². The Morgan fingerprint density at radius 3 is 2.32 bits per heavy atom. The summed E-state index contributed by atoms with van der Waals surface area (Å²) in [5.41, 5.74) is 13.1. The van der Waals surface area contributed by atoms with Gasteiger partial charge >= 0.3 is 0 Å². The average Bonchev–Trinajstić information content (AvgIpc) is 2.80. The Bertz CT molecular complexity index is 529. The number of anilines is 2. The molecule has 0 atom stereocenters. The van der Waals surface area contributed by atoms with E-state index in [2.05, 4.69) is 36.2 Å². The summed E-state index contributed by atoms with van der Waals surface area (Å²) in [6, 6.07) is 0. The van der Waals surface area contributed by atoms with E-state index in [0.29, 0.717) is 18.1 Å². The first-order valence-electron chi connectivity index (χ1n) is 5.39. The molecule has 8 heteroatoms. The van der Waals surface area contributed by atoms with Gasteiger partial charge in [0.05, 0.1) is 24.1 Å². The zero-order chi connectivity index (χ0) is 12.6. The van der Waals surface area contributed by atoms with Gasteiger partial charge < -0.3 is 11.5 Å². The zero-order valence-electron chi connectivity index (χ0n) is 11.1. The van der Waals surface area contributed by atoms with Crippen molar-refractivity contribution >= 4 is 47.7 Å². The molecular formula is C11H19Cl2N5S. The van der Waals surface area contributed by atoms with Crippen LogP contribution in [0.3, 0.4) is 0 Å². The van der Waals surface area contributed by atoms with Gasteiger partial charge in [0.25, 0.3) is 0 Å². The van der Waals surface area contributed by atoms with E-state index in [1.165, 1.54) is 0 Å². The lowest BCUT2D eigenvalue weighted by Crippen LogP contribution is -2.12. The van der Waals surface area contributed by atoms with Gasteiger partial charge in [-0.1, -0.05) is 20.8 Å². The van der Waals surface area contributed by atoms with Crippen LogP contribution in [0.5, 0.6) is 0 Å². The van der Waals surface area contributed by atoms with Gasteiger partial charge in [0.2, 0.25) is 0 Å². The molecule has 19 heavy (non-hydrogen) atoms. The van der Waals surface area contributed by atoms with Crippen molar-refractivity contribution in [3.63, 3.8) is 0 Å². The van der Waals surface area contributed by atoms with Gasteiger partial charge in [-0.3, -0.25) is 0 Å². The molecule has 2 rings (SSSR count). The number of hydrogen-bond donors (Lipinski definition) is 2. The fraction of sp³-hybridized carbons (Fsp3) is 0.455. The highest BCUT2D eigenvalue weighted by atomic mass is 35.5. The van der Waals surface area contributed by atoms with Crippen LogP contribution in [0.1, 0.15) is 31.5 Å². The number of nitrogens with two attached hydrogens (primary N) is 2. The summed E-state index contributed by atoms with van der Waals surface area (Å²) in [6.45, 7) is 7.01. The fourth-order valence-corrected chi connectivity index (χ4v) is 2.39. The van der Waals surface area contributed by atoms with Crippen molar-refractivity contribution < 1.29 is 0 Å². The summed E-state index contributed by atoms with van der Waals surface area (Å²) >= 11 is 1.62. The van der Waals surface area contributed by atoms with Crippen molar-refractivity contribution in [3.8, 4) is 0 Å². The van der Waals surface area contributed by atoms with Gasteiger partial charge in [-0.2, -0.15) is 5.10 Å². The van der Waals surface area contributed by atoms with Crippen molar-refractivity contribution in [2.45, 2.75) is 32.7 Å². The topological polar surface area (TPSA) is 82.8 Å². The summed E-state index contributed by atoms with van der Waals surface area (Å²) < 4.78 is 1.67.